The molecule has 0 aliphatic carbocycles. The van der Waals surface area contributed by atoms with Crippen molar-refractivity contribution in [1.29, 1.82) is 0 Å². The van der Waals surface area contributed by atoms with Gasteiger partial charge in [0.25, 0.3) is 0 Å². The summed E-state index contributed by atoms with van der Waals surface area (Å²) >= 11 is 0. The van der Waals surface area contributed by atoms with E-state index >= 15 is 0 Å². The molecule has 110 valence electrons. The van der Waals surface area contributed by atoms with Crippen molar-refractivity contribution < 1.29 is 5.11 Å². The second-order valence-corrected chi connectivity index (χ2v) is 6.11. The topological polar surface area (TPSA) is 23.5 Å². The van der Waals surface area contributed by atoms with Crippen LogP contribution < -0.4 is 0 Å². The van der Waals surface area contributed by atoms with Gasteiger partial charge in [-0.1, -0.05) is 54.6 Å². The van der Waals surface area contributed by atoms with Crippen LogP contribution in [0.5, 0.6) is 0 Å². The minimum absolute atomic E-state index is 0.679. The van der Waals surface area contributed by atoms with Crippen molar-refractivity contribution >= 4 is 0 Å². The molecule has 0 bridgehead atoms. The van der Waals surface area contributed by atoms with Crippen LogP contribution in [0.3, 0.4) is 0 Å². The summed E-state index contributed by atoms with van der Waals surface area (Å²) in [5.74, 6) is 0. The minimum atomic E-state index is -0.679. The van der Waals surface area contributed by atoms with Crippen LogP contribution in [-0.4, -0.2) is 29.6 Å². The normalized spacial score (nSPS) is 22.6. The molecule has 0 aromatic heterocycles. The van der Waals surface area contributed by atoms with E-state index in [0.29, 0.717) is 0 Å². The van der Waals surface area contributed by atoms with E-state index in [2.05, 4.69) is 54.3 Å². The molecular formula is C19H23NO. The molecule has 2 heteroatoms. The molecule has 1 atom stereocenters. The fourth-order valence-corrected chi connectivity index (χ4v) is 3.31. The zero-order valence-corrected chi connectivity index (χ0v) is 12.6. The van der Waals surface area contributed by atoms with Gasteiger partial charge in [-0.05, 0) is 36.5 Å². The Hall–Kier alpha value is -1.64. The highest BCUT2D eigenvalue weighted by atomic mass is 16.3. The summed E-state index contributed by atoms with van der Waals surface area (Å²) in [7, 11) is 0. The SMILES string of the molecule is Cc1ccccc1C1(O)CCN(CCc2ccccc2)C1. The number of rotatable bonds is 4. The molecule has 1 saturated heterocycles. The van der Waals surface area contributed by atoms with Gasteiger partial charge in [0.2, 0.25) is 0 Å². The van der Waals surface area contributed by atoms with Crippen LogP contribution in [-0.2, 0) is 12.0 Å². The Labute approximate surface area is 127 Å². The molecule has 21 heavy (non-hydrogen) atoms. The predicted molar refractivity (Wildman–Crippen MR) is 86.3 cm³/mol. The average Bonchev–Trinajstić information content (AvgIpc) is 2.89. The molecule has 1 aliphatic heterocycles. The van der Waals surface area contributed by atoms with Gasteiger partial charge < -0.3 is 5.11 Å². The molecule has 0 radical (unpaired) electrons. The zero-order chi connectivity index (χ0) is 14.7. The molecule has 1 N–H and O–H groups in total. The number of likely N-dealkylation sites (tertiary alicyclic amines) is 1. The standard InChI is InChI=1S/C19H23NO/c1-16-7-5-6-10-18(16)19(21)12-14-20(15-19)13-11-17-8-3-2-4-9-17/h2-10,21H,11-15H2,1H3. The largest absolute Gasteiger partial charge is 0.384 e. The predicted octanol–water partition coefficient (Wildman–Crippen LogP) is 3.13. The van der Waals surface area contributed by atoms with Gasteiger partial charge in [0.1, 0.15) is 5.60 Å². The van der Waals surface area contributed by atoms with E-state index in [1.54, 1.807) is 0 Å². The van der Waals surface area contributed by atoms with Crippen molar-refractivity contribution in [3.63, 3.8) is 0 Å². The van der Waals surface area contributed by atoms with Crippen molar-refractivity contribution in [2.24, 2.45) is 0 Å². The Morgan fingerprint density at radius 2 is 1.76 bits per heavy atom. The number of aryl methyl sites for hydroxylation is 1. The number of aliphatic hydroxyl groups is 1. The zero-order valence-electron chi connectivity index (χ0n) is 12.6. The number of hydrogen-bond donors (Lipinski definition) is 1. The summed E-state index contributed by atoms with van der Waals surface area (Å²) in [6.45, 7) is 4.81. The average molecular weight is 281 g/mol. The molecule has 1 fully saturated rings. The second kappa shape index (κ2) is 6.00. The maximum atomic E-state index is 11.0. The van der Waals surface area contributed by atoms with E-state index in [0.717, 1.165) is 38.0 Å². The Morgan fingerprint density at radius 3 is 2.52 bits per heavy atom. The number of nitrogens with zero attached hydrogens (tertiary/aromatic N) is 1. The quantitative estimate of drug-likeness (QED) is 0.930. The Balaban J connectivity index is 1.64. The second-order valence-electron chi connectivity index (χ2n) is 6.11. The Morgan fingerprint density at radius 1 is 1.05 bits per heavy atom. The first kappa shape index (κ1) is 14.3. The van der Waals surface area contributed by atoms with Gasteiger partial charge in [-0.15, -0.1) is 0 Å². The molecule has 2 nitrogen and oxygen atoms in total. The molecule has 0 spiro atoms. The summed E-state index contributed by atoms with van der Waals surface area (Å²) < 4.78 is 0. The minimum Gasteiger partial charge on any atom is -0.384 e. The number of hydrogen-bond acceptors (Lipinski definition) is 2. The first-order valence-electron chi connectivity index (χ1n) is 7.72. The van der Waals surface area contributed by atoms with Crippen LogP contribution in [0.1, 0.15) is 23.1 Å². The van der Waals surface area contributed by atoms with Gasteiger partial charge in [-0.3, -0.25) is 4.90 Å². The van der Waals surface area contributed by atoms with E-state index in [4.69, 9.17) is 0 Å². The van der Waals surface area contributed by atoms with E-state index in [9.17, 15) is 5.11 Å². The lowest BCUT2D eigenvalue weighted by molar-refractivity contribution is 0.0457. The van der Waals surface area contributed by atoms with Gasteiger partial charge in [0.15, 0.2) is 0 Å². The van der Waals surface area contributed by atoms with Crippen molar-refractivity contribution in [2.75, 3.05) is 19.6 Å². The van der Waals surface area contributed by atoms with Gasteiger partial charge in [0.05, 0.1) is 0 Å². The molecule has 1 heterocycles. The van der Waals surface area contributed by atoms with Gasteiger partial charge >= 0.3 is 0 Å². The smallest absolute Gasteiger partial charge is 0.104 e. The molecule has 1 unspecified atom stereocenters. The molecule has 0 saturated carbocycles. The molecular weight excluding hydrogens is 258 g/mol. The highest BCUT2D eigenvalue weighted by Crippen LogP contribution is 2.33. The van der Waals surface area contributed by atoms with E-state index in [1.807, 2.05) is 12.1 Å². The highest BCUT2D eigenvalue weighted by Gasteiger charge is 2.38. The lowest BCUT2D eigenvalue weighted by Gasteiger charge is -2.25. The Bertz CT molecular complexity index is 596. The monoisotopic (exact) mass is 281 g/mol. The molecule has 2 aromatic rings. The molecule has 0 amide bonds. The summed E-state index contributed by atoms with van der Waals surface area (Å²) in [5, 5.41) is 11.0. The third-order valence-electron chi connectivity index (χ3n) is 4.53. The molecule has 1 aliphatic rings. The van der Waals surface area contributed by atoms with Crippen molar-refractivity contribution in [3.05, 3.63) is 71.3 Å². The van der Waals surface area contributed by atoms with Gasteiger partial charge in [0, 0.05) is 19.6 Å². The summed E-state index contributed by atoms with van der Waals surface area (Å²) in [6.07, 6.45) is 1.87. The number of β-amino-alcohol motifs (C(OH)–C–C–N with tert-alkyl or cyclic N) is 1. The first-order valence-corrected chi connectivity index (χ1v) is 7.72. The van der Waals surface area contributed by atoms with E-state index in [-0.39, 0.29) is 0 Å². The van der Waals surface area contributed by atoms with Crippen LogP contribution in [0.2, 0.25) is 0 Å². The molecule has 2 aromatic carbocycles. The maximum Gasteiger partial charge on any atom is 0.104 e. The van der Waals surface area contributed by atoms with Crippen molar-refractivity contribution in [3.8, 4) is 0 Å². The van der Waals surface area contributed by atoms with Crippen LogP contribution in [0.15, 0.2) is 54.6 Å². The van der Waals surface area contributed by atoms with Gasteiger partial charge in [-0.25, -0.2) is 0 Å². The third-order valence-corrected chi connectivity index (χ3v) is 4.53. The fourth-order valence-electron chi connectivity index (χ4n) is 3.31. The lowest BCUT2D eigenvalue weighted by atomic mass is 9.89. The summed E-state index contributed by atoms with van der Waals surface area (Å²) in [5.41, 5.74) is 2.96. The van der Waals surface area contributed by atoms with Crippen LogP contribution in [0.25, 0.3) is 0 Å². The van der Waals surface area contributed by atoms with Crippen molar-refractivity contribution in [2.45, 2.75) is 25.4 Å². The summed E-state index contributed by atoms with van der Waals surface area (Å²) in [4.78, 5) is 2.37. The van der Waals surface area contributed by atoms with Crippen molar-refractivity contribution in [1.82, 2.24) is 4.90 Å². The van der Waals surface area contributed by atoms with Gasteiger partial charge in [-0.2, -0.15) is 0 Å². The fraction of sp³-hybridized carbons (Fsp3) is 0.368. The number of benzene rings is 2. The first-order chi connectivity index (χ1) is 10.2. The maximum absolute atomic E-state index is 11.0. The summed E-state index contributed by atoms with van der Waals surface area (Å²) in [6, 6.07) is 18.8. The van der Waals surface area contributed by atoms with E-state index < -0.39 is 5.60 Å². The van der Waals surface area contributed by atoms with Crippen LogP contribution >= 0.6 is 0 Å². The van der Waals surface area contributed by atoms with Crippen LogP contribution in [0, 0.1) is 6.92 Å². The van der Waals surface area contributed by atoms with E-state index in [1.165, 1.54) is 11.1 Å². The Kier molecular flexibility index (Phi) is 4.09. The highest BCUT2D eigenvalue weighted by molar-refractivity contribution is 5.32. The third kappa shape index (κ3) is 3.17. The molecule has 3 rings (SSSR count). The lowest BCUT2D eigenvalue weighted by Crippen LogP contribution is -2.32. The van der Waals surface area contributed by atoms with Crippen LogP contribution in [0.4, 0.5) is 0 Å².